The summed E-state index contributed by atoms with van der Waals surface area (Å²) >= 11 is 0. The molecule has 0 saturated heterocycles. The molecule has 2 aromatic rings. The van der Waals surface area contributed by atoms with Crippen LogP contribution in [0.15, 0.2) is 60.2 Å². The van der Waals surface area contributed by atoms with Crippen LogP contribution in [0.5, 0.6) is 0 Å². The van der Waals surface area contributed by atoms with Gasteiger partial charge in [0, 0.05) is 6.04 Å². The van der Waals surface area contributed by atoms with Gasteiger partial charge in [0.05, 0.1) is 6.10 Å². The van der Waals surface area contributed by atoms with Crippen molar-refractivity contribution in [1.82, 2.24) is 5.32 Å². The van der Waals surface area contributed by atoms with Crippen molar-refractivity contribution in [2.75, 3.05) is 7.05 Å². The Bertz CT molecular complexity index is 851. The molecule has 3 atom stereocenters. The Kier molecular flexibility index (Phi) is 6.52. The normalized spacial score (nSPS) is 25.0. The number of rotatable bonds is 6. The monoisotopic (exact) mass is 389 g/mol. The van der Waals surface area contributed by atoms with Crippen LogP contribution in [0.25, 0.3) is 11.1 Å². The van der Waals surface area contributed by atoms with E-state index in [4.69, 9.17) is 0 Å². The maximum Gasteiger partial charge on any atom is 0.0751 e. The lowest BCUT2D eigenvalue weighted by atomic mass is 9.74. The predicted molar refractivity (Wildman–Crippen MR) is 122 cm³/mol. The Hall–Kier alpha value is -1.90. The summed E-state index contributed by atoms with van der Waals surface area (Å²) in [6.45, 7) is 2.15. The molecule has 0 aliphatic heterocycles. The van der Waals surface area contributed by atoms with E-state index < -0.39 is 0 Å². The van der Waals surface area contributed by atoms with E-state index in [1.165, 1.54) is 59.9 Å². The second-order valence-corrected chi connectivity index (χ2v) is 9.09. The van der Waals surface area contributed by atoms with Gasteiger partial charge >= 0.3 is 0 Å². The zero-order valence-electron chi connectivity index (χ0n) is 17.9. The summed E-state index contributed by atoms with van der Waals surface area (Å²) in [4.78, 5) is 0. The van der Waals surface area contributed by atoms with Crippen molar-refractivity contribution in [3.63, 3.8) is 0 Å². The zero-order valence-corrected chi connectivity index (χ0v) is 17.9. The molecular formula is C27H35NO. The smallest absolute Gasteiger partial charge is 0.0751 e. The molecule has 2 heteroatoms. The lowest BCUT2D eigenvalue weighted by Crippen LogP contribution is -2.39. The molecule has 29 heavy (non-hydrogen) atoms. The van der Waals surface area contributed by atoms with Crippen LogP contribution in [-0.4, -0.2) is 24.3 Å². The van der Waals surface area contributed by atoms with E-state index in [0.717, 1.165) is 12.8 Å². The Morgan fingerprint density at radius 2 is 1.79 bits per heavy atom. The lowest BCUT2D eigenvalue weighted by Gasteiger charge is -2.36. The summed E-state index contributed by atoms with van der Waals surface area (Å²) in [5, 5.41) is 14.3. The van der Waals surface area contributed by atoms with Gasteiger partial charge in [-0.1, -0.05) is 72.2 Å². The molecule has 0 spiro atoms. The molecule has 0 amide bonds. The van der Waals surface area contributed by atoms with Gasteiger partial charge < -0.3 is 10.4 Å². The standard InChI is InChI=1S/C27H35NO/c1-19-7-3-11-22(15-19)23-12-4-8-20(16-23)17-25-24(13-6-14-26(25)28-2)18-27(29)21-9-5-10-21/h3-4,7-8,11-12,15-16,18,21,25-29H,5-6,9-10,13-14,17H2,1-2H3/b24-18-. The lowest BCUT2D eigenvalue weighted by molar-refractivity contribution is 0.0986. The summed E-state index contributed by atoms with van der Waals surface area (Å²) in [7, 11) is 2.09. The van der Waals surface area contributed by atoms with Gasteiger partial charge in [-0.2, -0.15) is 0 Å². The predicted octanol–water partition coefficient (Wildman–Crippen LogP) is 5.68. The molecule has 2 aliphatic carbocycles. The van der Waals surface area contributed by atoms with E-state index in [0.29, 0.717) is 17.9 Å². The Labute approximate surface area is 176 Å². The van der Waals surface area contributed by atoms with Gasteiger partial charge in [-0.15, -0.1) is 0 Å². The summed E-state index contributed by atoms with van der Waals surface area (Å²) in [6.07, 6.45) is 10.2. The first-order valence-electron chi connectivity index (χ1n) is 11.4. The van der Waals surface area contributed by atoms with Crippen molar-refractivity contribution < 1.29 is 5.11 Å². The third-order valence-electron chi connectivity index (χ3n) is 7.06. The number of nitrogens with one attached hydrogen (secondary N) is 1. The van der Waals surface area contributed by atoms with Crippen molar-refractivity contribution in [2.24, 2.45) is 11.8 Å². The third-order valence-corrected chi connectivity index (χ3v) is 7.06. The van der Waals surface area contributed by atoms with E-state index in [1.807, 2.05) is 0 Å². The van der Waals surface area contributed by atoms with Crippen LogP contribution >= 0.6 is 0 Å². The molecule has 2 N–H and O–H groups in total. The summed E-state index contributed by atoms with van der Waals surface area (Å²) in [5.41, 5.74) is 6.74. The quantitative estimate of drug-likeness (QED) is 0.623. The van der Waals surface area contributed by atoms with Crippen LogP contribution in [0.1, 0.15) is 49.7 Å². The van der Waals surface area contributed by atoms with Gasteiger partial charge in [-0.3, -0.25) is 0 Å². The maximum absolute atomic E-state index is 10.7. The highest BCUT2D eigenvalue weighted by molar-refractivity contribution is 5.64. The fourth-order valence-electron chi connectivity index (χ4n) is 5.09. The van der Waals surface area contributed by atoms with Gasteiger partial charge in [0.2, 0.25) is 0 Å². The molecule has 2 fully saturated rings. The molecule has 3 unspecified atom stereocenters. The number of aryl methyl sites for hydroxylation is 1. The summed E-state index contributed by atoms with van der Waals surface area (Å²) < 4.78 is 0. The van der Waals surface area contributed by atoms with Crippen LogP contribution in [0, 0.1) is 18.8 Å². The molecule has 0 heterocycles. The Balaban J connectivity index is 1.57. The van der Waals surface area contributed by atoms with Crippen LogP contribution < -0.4 is 5.32 Å². The molecule has 2 aromatic carbocycles. The van der Waals surface area contributed by atoms with Crippen LogP contribution in [0.3, 0.4) is 0 Å². The molecule has 4 rings (SSSR count). The van der Waals surface area contributed by atoms with Crippen LogP contribution in [-0.2, 0) is 6.42 Å². The van der Waals surface area contributed by atoms with E-state index in [-0.39, 0.29) is 6.10 Å². The summed E-state index contributed by atoms with van der Waals surface area (Å²) in [5.74, 6) is 0.957. The van der Waals surface area contributed by atoms with Gasteiger partial charge in [0.1, 0.15) is 0 Å². The number of benzene rings is 2. The van der Waals surface area contributed by atoms with Crippen LogP contribution in [0.4, 0.5) is 0 Å². The minimum atomic E-state index is -0.254. The molecule has 2 saturated carbocycles. The van der Waals surface area contributed by atoms with Crippen molar-refractivity contribution in [3.05, 3.63) is 71.3 Å². The minimum Gasteiger partial charge on any atom is -0.389 e. The highest BCUT2D eigenvalue weighted by atomic mass is 16.3. The van der Waals surface area contributed by atoms with Crippen molar-refractivity contribution >= 4 is 0 Å². The van der Waals surface area contributed by atoms with E-state index in [1.54, 1.807) is 0 Å². The highest BCUT2D eigenvalue weighted by Gasteiger charge is 2.30. The first kappa shape index (κ1) is 20.4. The second kappa shape index (κ2) is 9.28. The molecule has 2 nitrogen and oxygen atoms in total. The topological polar surface area (TPSA) is 32.3 Å². The number of hydrogen-bond donors (Lipinski definition) is 2. The third kappa shape index (κ3) is 4.82. The van der Waals surface area contributed by atoms with E-state index in [2.05, 4.69) is 73.9 Å². The summed E-state index contributed by atoms with van der Waals surface area (Å²) in [6, 6.07) is 18.3. The number of aliphatic hydroxyl groups excluding tert-OH is 1. The van der Waals surface area contributed by atoms with Gasteiger partial charge in [0.25, 0.3) is 0 Å². The number of hydrogen-bond acceptors (Lipinski definition) is 2. The van der Waals surface area contributed by atoms with Crippen molar-refractivity contribution in [1.29, 1.82) is 0 Å². The second-order valence-electron chi connectivity index (χ2n) is 9.09. The SMILES string of the molecule is CNC1CCC/C(=C/C(O)C2CCC2)C1Cc1cccc(-c2cccc(C)c2)c1. The minimum absolute atomic E-state index is 0.254. The first-order chi connectivity index (χ1) is 14.1. The molecular weight excluding hydrogens is 354 g/mol. The van der Waals surface area contributed by atoms with Crippen molar-refractivity contribution in [2.45, 2.75) is 64.0 Å². The van der Waals surface area contributed by atoms with E-state index in [9.17, 15) is 5.11 Å². The van der Waals surface area contributed by atoms with Gasteiger partial charge in [-0.25, -0.2) is 0 Å². The average Bonchev–Trinajstić information content (AvgIpc) is 2.68. The number of aliphatic hydroxyl groups is 1. The molecule has 0 aromatic heterocycles. The molecule has 2 aliphatic rings. The average molecular weight is 390 g/mol. The molecule has 0 radical (unpaired) electrons. The Morgan fingerprint density at radius 1 is 1.03 bits per heavy atom. The molecule has 154 valence electrons. The van der Waals surface area contributed by atoms with Crippen LogP contribution in [0.2, 0.25) is 0 Å². The molecule has 0 bridgehead atoms. The zero-order chi connectivity index (χ0) is 20.2. The largest absolute Gasteiger partial charge is 0.389 e. The van der Waals surface area contributed by atoms with Crippen molar-refractivity contribution in [3.8, 4) is 11.1 Å². The highest BCUT2D eigenvalue weighted by Crippen LogP contribution is 2.36. The Morgan fingerprint density at radius 3 is 2.48 bits per heavy atom. The maximum atomic E-state index is 10.7. The fourth-order valence-corrected chi connectivity index (χ4v) is 5.09. The van der Waals surface area contributed by atoms with E-state index >= 15 is 0 Å². The first-order valence-corrected chi connectivity index (χ1v) is 11.4. The van der Waals surface area contributed by atoms with Gasteiger partial charge in [-0.05, 0) is 81.0 Å². The van der Waals surface area contributed by atoms with Gasteiger partial charge in [0.15, 0.2) is 0 Å². The fraction of sp³-hybridized carbons (Fsp3) is 0.481.